The number of amides is 1. The van der Waals surface area contributed by atoms with Gasteiger partial charge in [0.1, 0.15) is 5.69 Å². The Labute approximate surface area is 157 Å². The average Bonchev–Trinajstić information content (AvgIpc) is 2.66. The molecule has 0 spiro atoms. The summed E-state index contributed by atoms with van der Waals surface area (Å²) >= 11 is 0. The Morgan fingerprint density at radius 1 is 1.00 bits per heavy atom. The summed E-state index contributed by atoms with van der Waals surface area (Å²) in [5.74, 6) is -0.0934. The second kappa shape index (κ2) is 7.78. The molecule has 1 aromatic heterocycles. The first-order chi connectivity index (χ1) is 12.9. The molecule has 0 bridgehead atoms. The Balaban J connectivity index is 1.78. The molecule has 1 heterocycles. The highest BCUT2D eigenvalue weighted by molar-refractivity contribution is 6.04. The van der Waals surface area contributed by atoms with E-state index >= 15 is 0 Å². The molecular formula is C21H20N4O2. The van der Waals surface area contributed by atoms with E-state index in [1.54, 1.807) is 30.3 Å². The van der Waals surface area contributed by atoms with E-state index in [2.05, 4.69) is 20.6 Å². The predicted molar refractivity (Wildman–Crippen MR) is 106 cm³/mol. The molecule has 0 radical (unpaired) electrons. The van der Waals surface area contributed by atoms with E-state index in [9.17, 15) is 9.59 Å². The zero-order valence-corrected chi connectivity index (χ0v) is 15.4. The SMILES string of the molecule is CC(=O)c1cccc(NC(=O)c2ccnc(Nc3cccc(C)c3C)n2)c1. The molecule has 0 aliphatic heterocycles. The maximum Gasteiger partial charge on any atom is 0.274 e. The maximum atomic E-state index is 12.5. The molecule has 27 heavy (non-hydrogen) atoms. The van der Waals surface area contributed by atoms with Crippen LogP contribution in [0.3, 0.4) is 0 Å². The van der Waals surface area contributed by atoms with Gasteiger partial charge in [0.05, 0.1) is 0 Å². The summed E-state index contributed by atoms with van der Waals surface area (Å²) in [5, 5.41) is 5.91. The van der Waals surface area contributed by atoms with Crippen LogP contribution in [-0.4, -0.2) is 21.7 Å². The van der Waals surface area contributed by atoms with Crippen LogP contribution >= 0.6 is 0 Å². The number of aromatic nitrogens is 2. The molecule has 6 nitrogen and oxygen atoms in total. The quantitative estimate of drug-likeness (QED) is 0.663. The number of hydrogen-bond donors (Lipinski definition) is 2. The number of nitrogens with one attached hydrogen (secondary N) is 2. The van der Waals surface area contributed by atoms with E-state index < -0.39 is 0 Å². The number of anilines is 3. The van der Waals surface area contributed by atoms with Crippen molar-refractivity contribution in [1.82, 2.24) is 9.97 Å². The van der Waals surface area contributed by atoms with Gasteiger partial charge in [-0.05, 0) is 56.2 Å². The van der Waals surface area contributed by atoms with Crippen LogP contribution in [0.1, 0.15) is 38.9 Å². The van der Waals surface area contributed by atoms with Crippen LogP contribution in [0, 0.1) is 13.8 Å². The van der Waals surface area contributed by atoms with Crippen molar-refractivity contribution in [2.45, 2.75) is 20.8 Å². The smallest absolute Gasteiger partial charge is 0.274 e. The van der Waals surface area contributed by atoms with E-state index in [1.165, 1.54) is 13.1 Å². The van der Waals surface area contributed by atoms with Crippen molar-refractivity contribution >= 4 is 29.0 Å². The molecular weight excluding hydrogens is 340 g/mol. The third kappa shape index (κ3) is 4.36. The molecule has 2 N–H and O–H groups in total. The minimum atomic E-state index is -0.373. The van der Waals surface area contributed by atoms with Crippen molar-refractivity contribution in [2.24, 2.45) is 0 Å². The highest BCUT2D eigenvalue weighted by atomic mass is 16.2. The normalized spacial score (nSPS) is 10.3. The van der Waals surface area contributed by atoms with Gasteiger partial charge in [0, 0.05) is 23.1 Å². The molecule has 136 valence electrons. The molecule has 0 saturated carbocycles. The lowest BCUT2D eigenvalue weighted by Gasteiger charge is -2.11. The van der Waals surface area contributed by atoms with Crippen molar-refractivity contribution in [3.8, 4) is 0 Å². The van der Waals surface area contributed by atoms with Gasteiger partial charge in [-0.2, -0.15) is 0 Å². The zero-order valence-electron chi connectivity index (χ0n) is 15.4. The molecule has 2 aromatic carbocycles. The van der Waals surface area contributed by atoms with Crippen LogP contribution in [0.4, 0.5) is 17.3 Å². The molecule has 6 heteroatoms. The molecule has 3 aromatic rings. The number of rotatable bonds is 5. The Hall–Kier alpha value is -3.54. The average molecular weight is 360 g/mol. The minimum Gasteiger partial charge on any atom is -0.324 e. The molecule has 0 saturated heterocycles. The Morgan fingerprint density at radius 3 is 2.56 bits per heavy atom. The summed E-state index contributed by atoms with van der Waals surface area (Å²) in [4.78, 5) is 32.5. The van der Waals surface area contributed by atoms with E-state index in [0.717, 1.165) is 16.8 Å². The summed E-state index contributed by atoms with van der Waals surface area (Å²) in [5.41, 5.74) is 4.44. The van der Waals surface area contributed by atoms with E-state index in [1.807, 2.05) is 32.0 Å². The molecule has 0 fully saturated rings. The third-order valence-electron chi connectivity index (χ3n) is 4.27. The molecule has 0 aliphatic rings. The van der Waals surface area contributed by atoms with E-state index in [0.29, 0.717) is 17.2 Å². The van der Waals surface area contributed by atoms with Crippen LogP contribution in [0.5, 0.6) is 0 Å². The monoisotopic (exact) mass is 360 g/mol. The second-order valence-corrected chi connectivity index (χ2v) is 6.23. The van der Waals surface area contributed by atoms with Gasteiger partial charge in [-0.3, -0.25) is 9.59 Å². The zero-order chi connectivity index (χ0) is 19.4. The number of aryl methyl sites for hydroxylation is 1. The van der Waals surface area contributed by atoms with Crippen LogP contribution in [0.15, 0.2) is 54.7 Å². The molecule has 1 amide bonds. The van der Waals surface area contributed by atoms with Crippen molar-refractivity contribution in [3.05, 3.63) is 77.1 Å². The fraction of sp³-hybridized carbons (Fsp3) is 0.143. The van der Waals surface area contributed by atoms with Gasteiger partial charge in [-0.25, -0.2) is 9.97 Å². The largest absolute Gasteiger partial charge is 0.324 e. The fourth-order valence-corrected chi connectivity index (χ4v) is 2.56. The Morgan fingerprint density at radius 2 is 1.78 bits per heavy atom. The summed E-state index contributed by atoms with van der Waals surface area (Å²) in [7, 11) is 0. The lowest BCUT2D eigenvalue weighted by Crippen LogP contribution is -2.15. The Bertz CT molecular complexity index is 1010. The number of carbonyl (C=O) groups excluding carboxylic acids is 2. The van der Waals surface area contributed by atoms with Crippen molar-refractivity contribution in [1.29, 1.82) is 0 Å². The summed E-state index contributed by atoms with van der Waals surface area (Å²) in [6.45, 7) is 5.52. The van der Waals surface area contributed by atoms with Crippen molar-refractivity contribution < 1.29 is 9.59 Å². The third-order valence-corrected chi connectivity index (χ3v) is 4.27. The van der Waals surface area contributed by atoms with Crippen LogP contribution < -0.4 is 10.6 Å². The van der Waals surface area contributed by atoms with Gasteiger partial charge in [0.2, 0.25) is 5.95 Å². The number of nitrogens with zero attached hydrogens (tertiary/aromatic N) is 2. The van der Waals surface area contributed by atoms with Crippen LogP contribution in [0.2, 0.25) is 0 Å². The lowest BCUT2D eigenvalue weighted by molar-refractivity contribution is 0.100. The van der Waals surface area contributed by atoms with E-state index in [4.69, 9.17) is 0 Å². The van der Waals surface area contributed by atoms with E-state index in [-0.39, 0.29) is 17.4 Å². The highest BCUT2D eigenvalue weighted by Crippen LogP contribution is 2.21. The van der Waals surface area contributed by atoms with Crippen LogP contribution in [0.25, 0.3) is 0 Å². The first-order valence-electron chi connectivity index (χ1n) is 8.52. The van der Waals surface area contributed by atoms with Gasteiger partial charge >= 0.3 is 0 Å². The van der Waals surface area contributed by atoms with Gasteiger partial charge < -0.3 is 10.6 Å². The van der Waals surface area contributed by atoms with Crippen molar-refractivity contribution in [2.75, 3.05) is 10.6 Å². The minimum absolute atomic E-state index is 0.0619. The van der Waals surface area contributed by atoms with Gasteiger partial charge in [-0.1, -0.05) is 24.3 Å². The predicted octanol–water partition coefficient (Wildman–Crippen LogP) is 4.29. The fourth-order valence-electron chi connectivity index (χ4n) is 2.56. The molecule has 0 atom stereocenters. The number of benzene rings is 2. The lowest BCUT2D eigenvalue weighted by atomic mass is 10.1. The highest BCUT2D eigenvalue weighted by Gasteiger charge is 2.11. The first kappa shape index (κ1) is 18.3. The van der Waals surface area contributed by atoms with Gasteiger partial charge in [0.25, 0.3) is 5.91 Å². The summed E-state index contributed by atoms with van der Waals surface area (Å²) in [6, 6.07) is 14.2. The summed E-state index contributed by atoms with van der Waals surface area (Å²) < 4.78 is 0. The maximum absolute atomic E-state index is 12.5. The van der Waals surface area contributed by atoms with Gasteiger partial charge in [-0.15, -0.1) is 0 Å². The molecule has 0 unspecified atom stereocenters. The van der Waals surface area contributed by atoms with Crippen molar-refractivity contribution in [3.63, 3.8) is 0 Å². The number of carbonyl (C=O) groups is 2. The topological polar surface area (TPSA) is 84.0 Å². The van der Waals surface area contributed by atoms with Gasteiger partial charge in [0.15, 0.2) is 5.78 Å². The number of hydrogen-bond acceptors (Lipinski definition) is 5. The summed E-state index contributed by atoms with van der Waals surface area (Å²) in [6.07, 6.45) is 1.53. The van der Waals surface area contributed by atoms with Crippen LogP contribution in [-0.2, 0) is 0 Å². The number of ketones is 1. The standard InChI is InChI=1S/C21H20N4O2/c1-13-6-4-9-18(14(13)2)24-21-22-11-10-19(25-21)20(27)23-17-8-5-7-16(12-17)15(3)26/h4-12H,1-3H3,(H,23,27)(H,22,24,25). The second-order valence-electron chi connectivity index (χ2n) is 6.23. The molecule has 3 rings (SSSR count). The Kier molecular flexibility index (Phi) is 5.26. The first-order valence-corrected chi connectivity index (χ1v) is 8.52. The number of Topliss-reactive ketones (excluding diaryl/α,β-unsaturated/α-hetero) is 1. The molecule has 0 aliphatic carbocycles.